The maximum atomic E-state index is 12.5. The molecule has 0 radical (unpaired) electrons. The highest BCUT2D eigenvalue weighted by molar-refractivity contribution is 6.30. The van der Waals surface area contributed by atoms with Gasteiger partial charge in [0.2, 0.25) is 0 Å². The number of halogens is 1. The van der Waals surface area contributed by atoms with Crippen LogP contribution in [0, 0.1) is 0 Å². The fourth-order valence-electron chi connectivity index (χ4n) is 2.52. The Bertz CT molecular complexity index is 1010. The molecule has 0 aliphatic rings. The van der Waals surface area contributed by atoms with Gasteiger partial charge in [-0.3, -0.25) is 4.79 Å². The molecule has 7 heteroatoms. The Hall–Kier alpha value is -2.83. The lowest BCUT2D eigenvalue weighted by molar-refractivity contribution is -0.147. The van der Waals surface area contributed by atoms with Crippen molar-refractivity contribution in [1.29, 1.82) is 0 Å². The highest BCUT2D eigenvalue weighted by atomic mass is 35.5. The van der Waals surface area contributed by atoms with Crippen LogP contribution in [0.5, 0.6) is 5.75 Å². The molecule has 0 saturated carbocycles. The lowest BCUT2D eigenvalue weighted by Gasteiger charge is -2.08. The lowest BCUT2D eigenvalue weighted by atomic mass is 10.1. The molecule has 146 valence electrons. The monoisotopic (exact) mass is 402 g/mol. The summed E-state index contributed by atoms with van der Waals surface area (Å²) < 4.78 is 21.3. The second-order valence-electron chi connectivity index (χ2n) is 5.85. The van der Waals surface area contributed by atoms with E-state index in [1.54, 1.807) is 42.5 Å². The van der Waals surface area contributed by atoms with Crippen LogP contribution in [0.1, 0.15) is 6.92 Å². The summed E-state index contributed by atoms with van der Waals surface area (Å²) in [5.41, 5.74) is 0.957. The summed E-state index contributed by atoms with van der Waals surface area (Å²) >= 11 is 5.89. The normalized spacial score (nSPS) is 10.8. The summed E-state index contributed by atoms with van der Waals surface area (Å²) in [6.07, 6.45) is 0. The minimum absolute atomic E-state index is 0.171. The van der Waals surface area contributed by atoms with Crippen molar-refractivity contribution in [2.45, 2.75) is 6.92 Å². The van der Waals surface area contributed by atoms with Crippen molar-refractivity contribution in [2.24, 2.45) is 0 Å². The first-order valence-electron chi connectivity index (χ1n) is 8.77. The molecule has 0 aliphatic carbocycles. The van der Waals surface area contributed by atoms with Crippen LogP contribution >= 0.6 is 11.6 Å². The SMILES string of the molecule is CCOCCOC(=O)COc1ccc2oc(-c3ccc(Cl)cc3)cc(=O)c2c1. The topological polar surface area (TPSA) is 75.0 Å². The van der Waals surface area contributed by atoms with Gasteiger partial charge in [-0.15, -0.1) is 0 Å². The summed E-state index contributed by atoms with van der Waals surface area (Å²) in [6.45, 7) is 2.68. The number of fused-ring (bicyclic) bond motifs is 1. The summed E-state index contributed by atoms with van der Waals surface area (Å²) in [7, 11) is 0. The molecular weight excluding hydrogens is 384 g/mol. The Morgan fingerprint density at radius 3 is 2.61 bits per heavy atom. The van der Waals surface area contributed by atoms with Crippen LogP contribution in [0.4, 0.5) is 0 Å². The summed E-state index contributed by atoms with van der Waals surface area (Å²) in [6, 6.07) is 13.2. The van der Waals surface area contributed by atoms with Crippen molar-refractivity contribution < 1.29 is 23.4 Å². The quantitative estimate of drug-likeness (QED) is 0.417. The van der Waals surface area contributed by atoms with Gasteiger partial charge < -0.3 is 18.6 Å². The van der Waals surface area contributed by atoms with Gasteiger partial charge in [-0.05, 0) is 49.4 Å². The van der Waals surface area contributed by atoms with Crippen LogP contribution in [-0.4, -0.2) is 32.4 Å². The van der Waals surface area contributed by atoms with E-state index in [0.29, 0.717) is 40.7 Å². The van der Waals surface area contributed by atoms with E-state index in [1.807, 2.05) is 6.92 Å². The molecule has 0 bridgehead atoms. The number of hydrogen-bond acceptors (Lipinski definition) is 6. The van der Waals surface area contributed by atoms with Crippen LogP contribution in [0.3, 0.4) is 0 Å². The molecule has 3 aromatic rings. The van der Waals surface area contributed by atoms with E-state index in [-0.39, 0.29) is 18.6 Å². The fourth-order valence-corrected chi connectivity index (χ4v) is 2.65. The molecule has 0 N–H and O–H groups in total. The zero-order valence-corrected chi connectivity index (χ0v) is 16.0. The number of hydrogen-bond donors (Lipinski definition) is 0. The molecule has 0 atom stereocenters. The maximum absolute atomic E-state index is 12.5. The molecule has 6 nitrogen and oxygen atoms in total. The van der Waals surface area contributed by atoms with Crippen molar-refractivity contribution in [1.82, 2.24) is 0 Å². The van der Waals surface area contributed by atoms with E-state index in [4.69, 9.17) is 30.2 Å². The molecule has 0 saturated heterocycles. The molecule has 3 rings (SSSR count). The lowest BCUT2D eigenvalue weighted by Crippen LogP contribution is -2.17. The van der Waals surface area contributed by atoms with E-state index < -0.39 is 5.97 Å². The van der Waals surface area contributed by atoms with Gasteiger partial charge >= 0.3 is 5.97 Å². The Morgan fingerprint density at radius 2 is 1.86 bits per heavy atom. The third-order valence-electron chi connectivity index (χ3n) is 3.88. The summed E-state index contributed by atoms with van der Waals surface area (Å²) in [4.78, 5) is 24.1. The largest absolute Gasteiger partial charge is 0.482 e. The Balaban J connectivity index is 1.71. The molecule has 2 aromatic carbocycles. The van der Waals surface area contributed by atoms with Gasteiger partial charge in [-0.2, -0.15) is 0 Å². The zero-order valence-electron chi connectivity index (χ0n) is 15.3. The van der Waals surface area contributed by atoms with Gasteiger partial charge in [-0.1, -0.05) is 11.6 Å². The first kappa shape index (κ1) is 19.9. The Morgan fingerprint density at radius 1 is 1.07 bits per heavy atom. The second-order valence-corrected chi connectivity index (χ2v) is 6.28. The van der Waals surface area contributed by atoms with E-state index in [2.05, 4.69) is 0 Å². The van der Waals surface area contributed by atoms with Crippen LogP contribution in [-0.2, 0) is 14.3 Å². The minimum Gasteiger partial charge on any atom is -0.482 e. The van der Waals surface area contributed by atoms with E-state index in [9.17, 15) is 9.59 Å². The molecule has 0 aliphatic heterocycles. The minimum atomic E-state index is -0.509. The van der Waals surface area contributed by atoms with Crippen LogP contribution in [0.2, 0.25) is 5.02 Å². The fraction of sp³-hybridized carbons (Fsp3) is 0.238. The number of rotatable bonds is 8. The average Bonchev–Trinajstić information content (AvgIpc) is 2.70. The number of carbonyl (C=O) groups excluding carboxylic acids is 1. The van der Waals surface area contributed by atoms with Gasteiger partial charge in [0.15, 0.2) is 12.0 Å². The van der Waals surface area contributed by atoms with Crippen LogP contribution in [0.25, 0.3) is 22.3 Å². The highest BCUT2D eigenvalue weighted by Gasteiger charge is 2.10. The van der Waals surface area contributed by atoms with Gasteiger partial charge in [-0.25, -0.2) is 4.79 Å². The molecule has 28 heavy (non-hydrogen) atoms. The molecule has 0 fully saturated rings. The third-order valence-corrected chi connectivity index (χ3v) is 4.13. The summed E-state index contributed by atoms with van der Waals surface area (Å²) in [5, 5.41) is 0.963. The molecule has 0 amide bonds. The van der Waals surface area contributed by atoms with Gasteiger partial charge in [0.25, 0.3) is 0 Å². The standard InChI is InChI=1S/C21H19ClO6/c1-2-25-9-10-26-21(24)13-27-16-7-8-19-17(11-16)18(23)12-20(28-19)14-3-5-15(22)6-4-14/h3-8,11-12H,2,9-10,13H2,1H3. The first-order chi connectivity index (χ1) is 13.6. The number of benzene rings is 2. The maximum Gasteiger partial charge on any atom is 0.344 e. The predicted molar refractivity (Wildman–Crippen MR) is 106 cm³/mol. The van der Waals surface area contributed by atoms with E-state index >= 15 is 0 Å². The van der Waals surface area contributed by atoms with Gasteiger partial charge in [0.1, 0.15) is 23.7 Å². The van der Waals surface area contributed by atoms with E-state index in [1.165, 1.54) is 6.07 Å². The predicted octanol–water partition coefficient (Wildman–Crippen LogP) is 4.07. The van der Waals surface area contributed by atoms with Gasteiger partial charge in [0, 0.05) is 23.3 Å². The van der Waals surface area contributed by atoms with Crippen LogP contribution < -0.4 is 10.2 Å². The second kappa shape index (κ2) is 9.39. The first-order valence-corrected chi connectivity index (χ1v) is 9.14. The van der Waals surface area contributed by atoms with E-state index in [0.717, 1.165) is 5.56 Å². The zero-order chi connectivity index (χ0) is 19.9. The van der Waals surface area contributed by atoms with Crippen molar-refractivity contribution >= 4 is 28.5 Å². The molecular formula is C21H19ClO6. The number of carbonyl (C=O) groups is 1. The average molecular weight is 403 g/mol. The van der Waals surface area contributed by atoms with Crippen molar-refractivity contribution in [3.8, 4) is 17.1 Å². The smallest absolute Gasteiger partial charge is 0.344 e. The van der Waals surface area contributed by atoms with Crippen molar-refractivity contribution in [3.63, 3.8) is 0 Å². The molecule has 0 spiro atoms. The molecule has 1 aromatic heterocycles. The third kappa shape index (κ3) is 5.12. The van der Waals surface area contributed by atoms with Gasteiger partial charge in [0.05, 0.1) is 12.0 Å². The number of ether oxygens (including phenoxy) is 3. The molecule has 1 heterocycles. The Labute approximate surface area is 166 Å². The Kier molecular flexibility index (Phi) is 6.68. The summed E-state index contributed by atoms with van der Waals surface area (Å²) in [5.74, 6) is 0.312. The molecule has 0 unspecified atom stereocenters. The highest BCUT2D eigenvalue weighted by Crippen LogP contribution is 2.25. The van der Waals surface area contributed by atoms with Crippen LogP contribution in [0.15, 0.2) is 57.7 Å². The van der Waals surface area contributed by atoms with Crippen molar-refractivity contribution in [2.75, 3.05) is 26.4 Å². The number of esters is 1. The van der Waals surface area contributed by atoms with Crippen molar-refractivity contribution in [3.05, 3.63) is 63.8 Å².